The van der Waals surface area contributed by atoms with Gasteiger partial charge in [0.25, 0.3) is 0 Å². The highest BCUT2D eigenvalue weighted by Gasteiger charge is 2.25. The Hall–Kier alpha value is -0.870. The van der Waals surface area contributed by atoms with E-state index >= 15 is 0 Å². The molecule has 1 N–H and O–H groups in total. The lowest BCUT2D eigenvalue weighted by molar-refractivity contribution is 0.0286. The Labute approximate surface area is 111 Å². The molecule has 104 valence electrons. The molecule has 0 aliphatic heterocycles. The molecule has 0 spiro atoms. The maximum absolute atomic E-state index is 5.85. The summed E-state index contributed by atoms with van der Waals surface area (Å²) in [5.74, 6) is 1.10. The van der Waals surface area contributed by atoms with E-state index in [9.17, 15) is 0 Å². The number of hydrogen-bond acceptors (Lipinski definition) is 3. The summed E-state index contributed by atoms with van der Waals surface area (Å²) in [5.41, 5.74) is 0. The summed E-state index contributed by atoms with van der Waals surface area (Å²) in [6.07, 6.45) is 6.24. The first-order valence-electron chi connectivity index (χ1n) is 7.14. The van der Waals surface area contributed by atoms with Gasteiger partial charge in [0.1, 0.15) is 5.82 Å². The van der Waals surface area contributed by atoms with E-state index in [4.69, 9.17) is 4.74 Å². The van der Waals surface area contributed by atoms with Gasteiger partial charge in [-0.05, 0) is 26.3 Å². The van der Waals surface area contributed by atoms with Crippen molar-refractivity contribution in [2.75, 3.05) is 13.2 Å². The Kier molecular flexibility index (Phi) is 6.98. The highest BCUT2D eigenvalue weighted by molar-refractivity contribution is 5.02. The SMILES string of the molecule is CCCn1ccnc1C(NCC)C(CC)OCC. The van der Waals surface area contributed by atoms with Crippen molar-refractivity contribution in [3.05, 3.63) is 18.2 Å². The van der Waals surface area contributed by atoms with Gasteiger partial charge in [-0.3, -0.25) is 0 Å². The lowest BCUT2D eigenvalue weighted by Gasteiger charge is -2.27. The van der Waals surface area contributed by atoms with Crippen molar-refractivity contribution in [3.63, 3.8) is 0 Å². The molecule has 2 atom stereocenters. The molecule has 0 aliphatic rings. The fraction of sp³-hybridized carbons (Fsp3) is 0.786. The monoisotopic (exact) mass is 253 g/mol. The molecule has 0 fully saturated rings. The lowest BCUT2D eigenvalue weighted by atomic mass is 10.1. The van der Waals surface area contributed by atoms with Gasteiger partial charge in [0.2, 0.25) is 0 Å². The van der Waals surface area contributed by atoms with Crippen LogP contribution in [0.2, 0.25) is 0 Å². The fourth-order valence-electron chi connectivity index (χ4n) is 2.30. The van der Waals surface area contributed by atoms with Gasteiger partial charge in [0, 0.05) is 25.5 Å². The summed E-state index contributed by atoms with van der Waals surface area (Å²) in [6.45, 7) is 11.2. The van der Waals surface area contributed by atoms with Crippen molar-refractivity contribution < 1.29 is 4.74 Å². The van der Waals surface area contributed by atoms with Crippen LogP contribution in [0.15, 0.2) is 12.4 Å². The van der Waals surface area contributed by atoms with Crippen LogP contribution in [0.3, 0.4) is 0 Å². The molecule has 2 unspecified atom stereocenters. The standard InChI is InChI=1S/C14H27N3O/c1-5-10-17-11-9-16-14(17)13(15-7-3)12(6-2)18-8-4/h9,11-13,15H,5-8,10H2,1-4H3. The average Bonchev–Trinajstić information content (AvgIpc) is 2.82. The number of rotatable bonds is 9. The number of aromatic nitrogens is 2. The topological polar surface area (TPSA) is 39.1 Å². The molecule has 18 heavy (non-hydrogen) atoms. The summed E-state index contributed by atoms with van der Waals surface area (Å²) < 4.78 is 8.08. The number of hydrogen-bond donors (Lipinski definition) is 1. The highest BCUT2D eigenvalue weighted by Crippen LogP contribution is 2.20. The minimum absolute atomic E-state index is 0.182. The van der Waals surface area contributed by atoms with Crippen LogP contribution in [0.5, 0.6) is 0 Å². The van der Waals surface area contributed by atoms with Gasteiger partial charge in [-0.2, -0.15) is 0 Å². The van der Waals surface area contributed by atoms with Crippen molar-refractivity contribution in [1.82, 2.24) is 14.9 Å². The second kappa shape index (κ2) is 8.27. The van der Waals surface area contributed by atoms with Crippen LogP contribution in [0, 0.1) is 0 Å². The number of likely N-dealkylation sites (N-methyl/N-ethyl adjacent to an activating group) is 1. The molecule has 4 heteroatoms. The van der Waals surface area contributed by atoms with Crippen molar-refractivity contribution >= 4 is 0 Å². The van der Waals surface area contributed by atoms with Gasteiger partial charge in [0.05, 0.1) is 12.1 Å². The van der Waals surface area contributed by atoms with Crippen LogP contribution >= 0.6 is 0 Å². The first-order valence-corrected chi connectivity index (χ1v) is 7.14. The smallest absolute Gasteiger partial charge is 0.128 e. The third kappa shape index (κ3) is 3.82. The normalized spacial score (nSPS) is 14.7. The van der Waals surface area contributed by atoms with Crippen LogP contribution in [0.4, 0.5) is 0 Å². The molecule has 1 rings (SSSR count). The second-order valence-electron chi connectivity index (χ2n) is 4.42. The molecular weight excluding hydrogens is 226 g/mol. The van der Waals surface area contributed by atoms with Gasteiger partial charge in [-0.25, -0.2) is 4.98 Å². The molecule has 0 saturated heterocycles. The Morgan fingerprint density at radius 1 is 1.33 bits per heavy atom. The fourth-order valence-corrected chi connectivity index (χ4v) is 2.30. The van der Waals surface area contributed by atoms with Crippen molar-refractivity contribution in [3.8, 4) is 0 Å². The molecule has 1 aromatic rings. The molecule has 0 aromatic carbocycles. The van der Waals surface area contributed by atoms with E-state index in [-0.39, 0.29) is 12.1 Å². The molecule has 1 heterocycles. The van der Waals surface area contributed by atoms with E-state index in [1.165, 1.54) is 0 Å². The molecule has 0 aliphatic carbocycles. The molecule has 0 radical (unpaired) electrons. The quantitative estimate of drug-likeness (QED) is 0.735. The van der Waals surface area contributed by atoms with Crippen molar-refractivity contribution in [1.29, 1.82) is 0 Å². The minimum Gasteiger partial charge on any atom is -0.376 e. The summed E-state index contributed by atoms with van der Waals surface area (Å²) in [5, 5.41) is 3.51. The molecule has 4 nitrogen and oxygen atoms in total. The average molecular weight is 253 g/mol. The Bertz CT molecular complexity index is 325. The summed E-state index contributed by atoms with van der Waals surface area (Å²) in [7, 11) is 0. The van der Waals surface area contributed by atoms with Crippen LogP contribution in [-0.2, 0) is 11.3 Å². The van der Waals surface area contributed by atoms with Gasteiger partial charge in [-0.15, -0.1) is 0 Å². The molecule has 0 bridgehead atoms. The first-order chi connectivity index (χ1) is 8.78. The molecule has 0 amide bonds. The lowest BCUT2D eigenvalue weighted by Crippen LogP contribution is -2.35. The zero-order chi connectivity index (χ0) is 13.4. The number of nitrogens with one attached hydrogen (secondary N) is 1. The predicted octanol–water partition coefficient (Wildman–Crippen LogP) is 2.76. The van der Waals surface area contributed by atoms with E-state index in [0.29, 0.717) is 0 Å². The predicted molar refractivity (Wildman–Crippen MR) is 74.6 cm³/mol. The number of imidazole rings is 1. The van der Waals surface area contributed by atoms with Crippen LogP contribution in [0.25, 0.3) is 0 Å². The second-order valence-corrected chi connectivity index (χ2v) is 4.42. The number of ether oxygens (including phenoxy) is 1. The van der Waals surface area contributed by atoms with Gasteiger partial charge < -0.3 is 14.6 Å². The van der Waals surface area contributed by atoms with Gasteiger partial charge >= 0.3 is 0 Å². The Morgan fingerprint density at radius 3 is 2.67 bits per heavy atom. The first kappa shape index (κ1) is 15.2. The maximum atomic E-state index is 5.85. The molecule has 0 saturated carbocycles. The third-order valence-electron chi connectivity index (χ3n) is 3.07. The van der Waals surface area contributed by atoms with E-state index in [1.54, 1.807) is 0 Å². The van der Waals surface area contributed by atoms with Crippen LogP contribution in [0.1, 0.15) is 52.4 Å². The maximum Gasteiger partial charge on any atom is 0.128 e. The zero-order valence-electron chi connectivity index (χ0n) is 12.1. The van der Waals surface area contributed by atoms with E-state index in [1.807, 2.05) is 13.1 Å². The summed E-state index contributed by atoms with van der Waals surface area (Å²) >= 11 is 0. The largest absolute Gasteiger partial charge is 0.376 e. The van der Waals surface area contributed by atoms with E-state index < -0.39 is 0 Å². The third-order valence-corrected chi connectivity index (χ3v) is 3.07. The van der Waals surface area contributed by atoms with Crippen LogP contribution in [-0.4, -0.2) is 28.8 Å². The Balaban J connectivity index is 2.90. The molecular formula is C14H27N3O. The van der Waals surface area contributed by atoms with Gasteiger partial charge in [-0.1, -0.05) is 20.8 Å². The number of nitrogens with zero attached hydrogens (tertiary/aromatic N) is 2. The van der Waals surface area contributed by atoms with Crippen LogP contribution < -0.4 is 5.32 Å². The highest BCUT2D eigenvalue weighted by atomic mass is 16.5. The van der Waals surface area contributed by atoms with E-state index in [0.717, 1.165) is 38.4 Å². The number of aryl methyl sites for hydroxylation is 1. The zero-order valence-corrected chi connectivity index (χ0v) is 12.1. The summed E-state index contributed by atoms with van der Waals surface area (Å²) in [4.78, 5) is 4.53. The molecule has 1 aromatic heterocycles. The van der Waals surface area contributed by atoms with Crippen molar-refractivity contribution in [2.24, 2.45) is 0 Å². The van der Waals surface area contributed by atoms with Crippen molar-refractivity contribution in [2.45, 2.75) is 59.2 Å². The Morgan fingerprint density at radius 2 is 2.11 bits per heavy atom. The van der Waals surface area contributed by atoms with E-state index in [2.05, 4.69) is 41.8 Å². The minimum atomic E-state index is 0.182. The van der Waals surface area contributed by atoms with Gasteiger partial charge in [0.15, 0.2) is 0 Å². The summed E-state index contributed by atoms with van der Waals surface area (Å²) in [6, 6.07) is 0.182.